The normalized spacial score (nSPS) is 27.2. The highest BCUT2D eigenvalue weighted by Gasteiger charge is 2.41. The molecule has 0 aromatic rings. The lowest BCUT2D eigenvalue weighted by atomic mass is 10.0. The van der Waals surface area contributed by atoms with Crippen molar-refractivity contribution >= 4 is 23.9 Å². The Hall–Kier alpha value is -2.58. The molecular weight excluding hydrogens is 450 g/mol. The summed E-state index contributed by atoms with van der Waals surface area (Å²) < 4.78 is 5.52. The molecule has 1 heterocycles. The minimum Gasteiger partial charge on any atom is -0.481 e. The number of unbranched alkanes of at least 4 members (excludes halogenated alkanes) is 3. The minimum atomic E-state index is -0.750. The van der Waals surface area contributed by atoms with Crippen molar-refractivity contribution in [2.24, 2.45) is 23.5 Å². The van der Waals surface area contributed by atoms with E-state index in [2.05, 4.69) is 5.32 Å². The van der Waals surface area contributed by atoms with E-state index in [0.29, 0.717) is 19.4 Å². The van der Waals surface area contributed by atoms with Gasteiger partial charge in [-0.2, -0.15) is 0 Å². The number of likely N-dealkylation sites (tertiary alicyclic amines) is 1. The molecule has 9 heteroatoms. The topological polar surface area (TPSA) is 139 Å². The van der Waals surface area contributed by atoms with Gasteiger partial charge in [0, 0.05) is 6.54 Å². The Kier molecular flexibility index (Phi) is 9.98. The third-order valence-electron chi connectivity index (χ3n) is 7.65. The Balaban J connectivity index is 1.50. The number of amides is 3. The number of alkyl carbamates (subject to hydrolysis) is 1. The van der Waals surface area contributed by atoms with Gasteiger partial charge in [0.2, 0.25) is 11.8 Å². The summed E-state index contributed by atoms with van der Waals surface area (Å²) in [6.07, 6.45) is 13.1. The number of carbonyl (C=O) groups excluding carboxylic acids is 3. The van der Waals surface area contributed by atoms with Crippen molar-refractivity contribution in [1.82, 2.24) is 10.2 Å². The molecule has 1 unspecified atom stereocenters. The van der Waals surface area contributed by atoms with Crippen LogP contribution in [-0.2, 0) is 19.1 Å². The average molecular weight is 492 g/mol. The summed E-state index contributed by atoms with van der Waals surface area (Å²) in [6.45, 7) is 2.51. The molecule has 1 saturated heterocycles. The Morgan fingerprint density at radius 1 is 1.14 bits per heavy atom. The van der Waals surface area contributed by atoms with Crippen molar-refractivity contribution < 1.29 is 29.0 Å². The highest BCUT2D eigenvalue weighted by atomic mass is 16.6. The Morgan fingerprint density at radius 2 is 1.89 bits per heavy atom. The van der Waals surface area contributed by atoms with Crippen LogP contribution in [0.15, 0.2) is 12.2 Å². The third kappa shape index (κ3) is 7.97. The maximum atomic E-state index is 13.4. The Labute approximate surface area is 207 Å². The van der Waals surface area contributed by atoms with Gasteiger partial charge in [-0.3, -0.25) is 14.4 Å². The zero-order chi connectivity index (χ0) is 25.4. The van der Waals surface area contributed by atoms with Gasteiger partial charge in [0.25, 0.3) is 0 Å². The van der Waals surface area contributed by atoms with Crippen LogP contribution in [0, 0.1) is 17.8 Å². The van der Waals surface area contributed by atoms with Crippen molar-refractivity contribution in [1.29, 1.82) is 0 Å². The van der Waals surface area contributed by atoms with E-state index in [1.54, 1.807) is 4.90 Å². The zero-order valence-corrected chi connectivity index (χ0v) is 20.8. The molecule has 1 aliphatic heterocycles. The molecule has 4 N–H and O–H groups in total. The van der Waals surface area contributed by atoms with E-state index in [4.69, 9.17) is 15.6 Å². The number of hydrogen-bond donors (Lipinski definition) is 3. The number of nitrogens with two attached hydrogens (primary N) is 1. The molecule has 3 rings (SSSR count). The highest BCUT2D eigenvalue weighted by molar-refractivity contribution is 5.91. The van der Waals surface area contributed by atoms with Crippen molar-refractivity contribution in [2.75, 3.05) is 6.54 Å². The largest absolute Gasteiger partial charge is 0.481 e. The summed E-state index contributed by atoms with van der Waals surface area (Å²) in [4.78, 5) is 50.4. The predicted molar refractivity (Wildman–Crippen MR) is 130 cm³/mol. The first-order chi connectivity index (χ1) is 16.8. The number of aliphatic carboxylic acids is 1. The summed E-state index contributed by atoms with van der Waals surface area (Å²) in [5.74, 6) is -1.33. The van der Waals surface area contributed by atoms with Gasteiger partial charge in [-0.25, -0.2) is 4.79 Å². The molecule has 196 valence electrons. The molecule has 2 aliphatic carbocycles. The summed E-state index contributed by atoms with van der Waals surface area (Å²) in [5.41, 5.74) is 5.59. The van der Waals surface area contributed by atoms with Gasteiger partial charge >= 0.3 is 12.1 Å². The van der Waals surface area contributed by atoms with Crippen LogP contribution in [0.5, 0.6) is 0 Å². The second-order valence-corrected chi connectivity index (χ2v) is 10.3. The van der Waals surface area contributed by atoms with Crippen molar-refractivity contribution in [3.8, 4) is 0 Å². The summed E-state index contributed by atoms with van der Waals surface area (Å²) in [7, 11) is 0. The number of carboxylic acid groups (broad SMARTS) is 1. The monoisotopic (exact) mass is 491 g/mol. The van der Waals surface area contributed by atoms with E-state index in [-0.39, 0.29) is 29.8 Å². The molecule has 0 spiro atoms. The van der Waals surface area contributed by atoms with Crippen LogP contribution in [-0.4, -0.2) is 58.6 Å². The fourth-order valence-corrected chi connectivity index (χ4v) is 5.29. The molecule has 0 aromatic heterocycles. The smallest absolute Gasteiger partial charge is 0.408 e. The molecule has 3 aliphatic rings. The summed E-state index contributed by atoms with van der Waals surface area (Å²) >= 11 is 0. The maximum Gasteiger partial charge on any atom is 0.408 e. The molecule has 2 saturated carbocycles. The first-order valence-electron chi connectivity index (χ1n) is 13.3. The van der Waals surface area contributed by atoms with Crippen molar-refractivity contribution in [3.63, 3.8) is 0 Å². The van der Waals surface area contributed by atoms with Crippen LogP contribution < -0.4 is 11.1 Å². The van der Waals surface area contributed by atoms with E-state index >= 15 is 0 Å². The number of carboxylic acids is 1. The molecule has 9 nitrogen and oxygen atoms in total. The fourth-order valence-electron chi connectivity index (χ4n) is 5.29. The van der Waals surface area contributed by atoms with Gasteiger partial charge in [0.1, 0.15) is 18.2 Å². The molecule has 0 bridgehead atoms. The number of primary amides is 1. The molecule has 3 amide bonds. The predicted octanol–water partition coefficient (Wildman–Crippen LogP) is 3.36. The summed E-state index contributed by atoms with van der Waals surface area (Å²) in [6, 6.07) is -1.38. The van der Waals surface area contributed by atoms with E-state index in [0.717, 1.165) is 64.2 Å². The average Bonchev–Trinajstić information content (AvgIpc) is 3.20. The molecule has 0 aromatic carbocycles. The molecule has 35 heavy (non-hydrogen) atoms. The number of allylic oxidation sites excluding steroid dienone is 2. The number of nitrogens with zero attached hydrogens (tertiary/aromatic N) is 1. The van der Waals surface area contributed by atoms with Crippen molar-refractivity contribution in [3.05, 3.63) is 12.2 Å². The molecular formula is C26H41N3O6. The highest BCUT2D eigenvalue weighted by Crippen LogP contribution is 2.39. The second-order valence-electron chi connectivity index (χ2n) is 10.3. The number of carbonyl (C=O) groups is 4. The van der Waals surface area contributed by atoms with Gasteiger partial charge in [-0.1, -0.05) is 38.3 Å². The zero-order valence-electron chi connectivity index (χ0n) is 20.8. The second kappa shape index (κ2) is 12.9. The van der Waals surface area contributed by atoms with Gasteiger partial charge in [-0.15, -0.1) is 0 Å². The minimum absolute atomic E-state index is 0.0978. The molecule has 5 atom stereocenters. The number of ether oxygens (including phenoxy) is 1. The summed E-state index contributed by atoms with van der Waals surface area (Å²) in [5, 5.41) is 11.7. The molecule has 0 radical (unpaired) electrons. The number of rotatable bonds is 13. The lowest BCUT2D eigenvalue weighted by Gasteiger charge is -2.28. The SMILES string of the molecule is CC[C@@H]1C[C@@H](C(N)=O)N(C(=O)[C@H](CCCCC/C=C\C2C[C@@H]2C(=O)O)NC(=O)OC2CCCC2)C1. The van der Waals surface area contributed by atoms with Crippen molar-refractivity contribution in [2.45, 2.75) is 102 Å². The van der Waals surface area contributed by atoms with Crippen LogP contribution in [0.3, 0.4) is 0 Å². The Morgan fingerprint density at radius 3 is 2.51 bits per heavy atom. The maximum absolute atomic E-state index is 13.4. The van der Waals surface area contributed by atoms with Crippen LogP contribution in [0.2, 0.25) is 0 Å². The number of nitrogens with one attached hydrogen (secondary N) is 1. The van der Waals surface area contributed by atoms with E-state index in [9.17, 15) is 19.2 Å². The third-order valence-corrected chi connectivity index (χ3v) is 7.65. The lowest BCUT2D eigenvalue weighted by molar-refractivity contribution is -0.139. The fraction of sp³-hybridized carbons (Fsp3) is 0.769. The van der Waals surface area contributed by atoms with Crippen LogP contribution in [0.1, 0.15) is 84.0 Å². The first kappa shape index (κ1) is 27.0. The van der Waals surface area contributed by atoms with Gasteiger partial charge in [0.05, 0.1) is 5.92 Å². The van der Waals surface area contributed by atoms with Gasteiger partial charge in [0.15, 0.2) is 0 Å². The number of hydrogen-bond acceptors (Lipinski definition) is 5. The van der Waals surface area contributed by atoms with E-state index in [1.165, 1.54) is 0 Å². The first-order valence-corrected chi connectivity index (χ1v) is 13.3. The standard InChI is InChI=1S/C26H41N3O6/c1-2-17-14-22(23(27)30)29(16-17)24(31)21(28-26(34)35-19-11-8-9-12-19)13-7-5-3-4-6-10-18-15-20(18)25(32)33/h6,10,17-22H,2-5,7-9,11-16H2,1H3,(H2,27,30)(H,28,34)(H,32,33)/b10-6-/t17-,18?,20+,21+,22+/m1/s1. The van der Waals surface area contributed by atoms with Crippen LogP contribution >= 0.6 is 0 Å². The lowest BCUT2D eigenvalue weighted by Crippen LogP contribution is -2.53. The van der Waals surface area contributed by atoms with Crippen LogP contribution in [0.4, 0.5) is 4.79 Å². The van der Waals surface area contributed by atoms with E-state index < -0.39 is 30.1 Å². The quantitative estimate of drug-likeness (QED) is 0.267. The van der Waals surface area contributed by atoms with Gasteiger partial charge in [-0.05, 0) is 69.6 Å². The Bertz CT molecular complexity index is 794. The van der Waals surface area contributed by atoms with Gasteiger partial charge < -0.3 is 25.8 Å². The van der Waals surface area contributed by atoms with Crippen LogP contribution in [0.25, 0.3) is 0 Å². The molecule has 3 fully saturated rings. The van der Waals surface area contributed by atoms with E-state index in [1.807, 2.05) is 19.1 Å².